The van der Waals surface area contributed by atoms with Crippen LogP contribution in [0, 0.1) is 11.3 Å². The Morgan fingerprint density at radius 2 is 2.41 bits per heavy atom. The molecule has 0 unspecified atom stereocenters. The Morgan fingerprint density at radius 3 is 3.00 bits per heavy atom. The van der Waals surface area contributed by atoms with Gasteiger partial charge in [0.25, 0.3) is 5.91 Å². The summed E-state index contributed by atoms with van der Waals surface area (Å²) in [7, 11) is 1.52. The van der Waals surface area contributed by atoms with Crippen LogP contribution in [0.3, 0.4) is 0 Å². The van der Waals surface area contributed by atoms with E-state index in [1.165, 1.54) is 7.11 Å². The fourth-order valence-electron chi connectivity index (χ4n) is 1.32. The van der Waals surface area contributed by atoms with E-state index in [9.17, 15) is 4.79 Å². The molecule has 17 heavy (non-hydrogen) atoms. The van der Waals surface area contributed by atoms with Crippen LogP contribution in [-0.2, 0) is 0 Å². The van der Waals surface area contributed by atoms with E-state index in [0.29, 0.717) is 16.9 Å². The SMILES string of the molecule is COc1ccc(C=CCC#N)c(C(=O)NN)c1. The number of amides is 1. The van der Waals surface area contributed by atoms with E-state index >= 15 is 0 Å². The average Bonchev–Trinajstić information content (AvgIpc) is 2.38. The van der Waals surface area contributed by atoms with Crippen molar-refractivity contribution in [2.24, 2.45) is 5.84 Å². The lowest BCUT2D eigenvalue weighted by Gasteiger charge is -2.07. The highest BCUT2D eigenvalue weighted by Gasteiger charge is 2.09. The van der Waals surface area contributed by atoms with Gasteiger partial charge in [0.2, 0.25) is 0 Å². The first-order chi connectivity index (χ1) is 8.22. The van der Waals surface area contributed by atoms with Gasteiger partial charge in [0.1, 0.15) is 5.75 Å². The third-order valence-electron chi connectivity index (χ3n) is 2.14. The van der Waals surface area contributed by atoms with Gasteiger partial charge in [0.15, 0.2) is 0 Å². The maximum absolute atomic E-state index is 11.5. The van der Waals surface area contributed by atoms with Gasteiger partial charge in [-0.05, 0) is 17.7 Å². The van der Waals surface area contributed by atoms with E-state index in [1.807, 2.05) is 6.07 Å². The lowest BCUT2D eigenvalue weighted by molar-refractivity contribution is 0.0953. The minimum atomic E-state index is -0.402. The fourth-order valence-corrected chi connectivity index (χ4v) is 1.32. The van der Waals surface area contributed by atoms with E-state index in [1.54, 1.807) is 30.4 Å². The van der Waals surface area contributed by atoms with Gasteiger partial charge in [-0.2, -0.15) is 5.26 Å². The highest BCUT2D eigenvalue weighted by molar-refractivity contribution is 5.97. The number of nitrogen functional groups attached to an aromatic ring is 1. The minimum Gasteiger partial charge on any atom is -0.497 e. The van der Waals surface area contributed by atoms with Crippen LogP contribution in [0.2, 0.25) is 0 Å². The molecule has 3 N–H and O–H groups in total. The highest BCUT2D eigenvalue weighted by Crippen LogP contribution is 2.19. The van der Waals surface area contributed by atoms with Gasteiger partial charge >= 0.3 is 0 Å². The first-order valence-electron chi connectivity index (χ1n) is 4.95. The number of ether oxygens (including phenoxy) is 1. The first kappa shape index (κ1) is 12.7. The molecular weight excluding hydrogens is 218 g/mol. The van der Waals surface area contributed by atoms with E-state index in [4.69, 9.17) is 15.8 Å². The maximum atomic E-state index is 11.5. The number of nitrogens with two attached hydrogens (primary N) is 1. The Kier molecular flexibility index (Phi) is 4.73. The second-order valence-electron chi connectivity index (χ2n) is 3.19. The number of nitriles is 1. The van der Waals surface area contributed by atoms with Crippen molar-refractivity contribution in [1.82, 2.24) is 5.43 Å². The number of nitrogens with zero attached hydrogens (tertiary/aromatic N) is 1. The number of carbonyl (C=O) groups is 1. The largest absolute Gasteiger partial charge is 0.497 e. The van der Waals surface area contributed by atoms with Gasteiger partial charge in [-0.15, -0.1) is 0 Å². The van der Waals surface area contributed by atoms with Crippen molar-refractivity contribution in [3.8, 4) is 11.8 Å². The number of methoxy groups -OCH3 is 1. The minimum absolute atomic E-state index is 0.287. The van der Waals surface area contributed by atoms with Crippen LogP contribution in [0.25, 0.3) is 6.08 Å². The molecule has 1 amide bonds. The topological polar surface area (TPSA) is 88.1 Å². The van der Waals surface area contributed by atoms with Gasteiger partial charge in [-0.1, -0.05) is 18.2 Å². The van der Waals surface area contributed by atoms with Crippen molar-refractivity contribution in [3.05, 3.63) is 35.4 Å². The van der Waals surface area contributed by atoms with E-state index in [2.05, 4.69) is 5.43 Å². The monoisotopic (exact) mass is 231 g/mol. The third kappa shape index (κ3) is 3.33. The second kappa shape index (κ2) is 6.30. The Hall–Kier alpha value is -2.32. The van der Waals surface area contributed by atoms with Crippen molar-refractivity contribution < 1.29 is 9.53 Å². The Balaban J connectivity index is 3.11. The number of hydrogen-bond acceptors (Lipinski definition) is 4. The summed E-state index contributed by atoms with van der Waals surface area (Å²) in [6.07, 6.45) is 3.66. The van der Waals surface area contributed by atoms with Crippen LogP contribution in [0.1, 0.15) is 22.3 Å². The van der Waals surface area contributed by atoms with Gasteiger partial charge in [0.05, 0.1) is 25.2 Å². The molecular formula is C12H13N3O2. The van der Waals surface area contributed by atoms with Crippen LogP contribution in [0.4, 0.5) is 0 Å². The molecule has 0 fully saturated rings. The molecule has 0 aliphatic heterocycles. The van der Waals surface area contributed by atoms with Crippen molar-refractivity contribution in [1.29, 1.82) is 5.26 Å². The lowest BCUT2D eigenvalue weighted by Crippen LogP contribution is -2.30. The Labute approximate surface area is 99.5 Å². The molecule has 1 rings (SSSR count). The normalized spacial score (nSPS) is 9.94. The molecule has 5 heteroatoms. The number of rotatable bonds is 4. The molecule has 0 spiro atoms. The Morgan fingerprint density at radius 1 is 1.65 bits per heavy atom. The first-order valence-corrected chi connectivity index (χ1v) is 4.95. The molecule has 0 saturated carbocycles. The number of nitrogens with one attached hydrogen (secondary N) is 1. The van der Waals surface area contributed by atoms with Crippen molar-refractivity contribution in [3.63, 3.8) is 0 Å². The fraction of sp³-hybridized carbons (Fsp3) is 0.167. The highest BCUT2D eigenvalue weighted by atomic mass is 16.5. The van der Waals surface area contributed by atoms with Gasteiger partial charge in [0, 0.05) is 0 Å². The lowest BCUT2D eigenvalue weighted by atomic mass is 10.1. The number of carbonyl (C=O) groups excluding carboxylic acids is 1. The summed E-state index contributed by atoms with van der Waals surface area (Å²) in [4.78, 5) is 11.5. The molecule has 0 saturated heterocycles. The zero-order chi connectivity index (χ0) is 12.7. The summed E-state index contributed by atoms with van der Waals surface area (Å²) in [6.45, 7) is 0. The number of hydrazine groups is 1. The summed E-state index contributed by atoms with van der Waals surface area (Å²) in [6, 6.07) is 7.05. The zero-order valence-corrected chi connectivity index (χ0v) is 9.43. The maximum Gasteiger partial charge on any atom is 0.265 e. The van der Waals surface area contributed by atoms with Crippen molar-refractivity contribution in [2.45, 2.75) is 6.42 Å². The van der Waals surface area contributed by atoms with E-state index < -0.39 is 5.91 Å². The molecule has 0 aliphatic rings. The molecule has 88 valence electrons. The summed E-state index contributed by atoms with van der Waals surface area (Å²) >= 11 is 0. The van der Waals surface area contributed by atoms with Crippen molar-refractivity contribution >= 4 is 12.0 Å². The van der Waals surface area contributed by atoms with Crippen LogP contribution in [-0.4, -0.2) is 13.0 Å². The molecule has 0 bridgehead atoms. The molecule has 0 radical (unpaired) electrons. The second-order valence-corrected chi connectivity index (χ2v) is 3.19. The smallest absolute Gasteiger partial charge is 0.265 e. The molecule has 0 aliphatic carbocycles. The van der Waals surface area contributed by atoms with Gasteiger partial charge < -0.3 is 4.74 Å². The molecule has 5 nitrogen and oxygen atoms in total. The van der Waals surface area contributed by atoms with E-state index in [0.717, 1.165) is 0 Å². The van der Waals surface area contributed by atoms with Crippen LogP contribution in [0.5, 0.6) is 5.75 Å². The summed E-state index contributed by atoms with van der Waals surface area (Å²) in [5.74, 6) is 5.27. The summed E-state index contributed by atoms with van der Waals surface area (Å²) in [5, 5.41) is 8.43. The van der Waals surface area contributed by atoms with Crippen LogP contribution in [0.15, 0.2) is 24.3 Å². The average molecular weight is 231 g/mol. The quantitative estimate of drug-likeness (QED) is 0.463. The molecule has 1 aromatic rings. The number of benzene rings is 1. The number of hydrogen-bond donors (Lipinski definition) is 2. The predicted molar refractivity (Wildman–Crippen MR) is 63.9 cm³/mol. The van der Waals surface area contributed by atoms with E-state index in [-0.39, 0.29) is 6.42 Å². The number of allylic oxidation sites excluding steroid dienone is 1. The molecule has 1 aromatic carbocycles. The molecule has 0 heterocycles. The third-order valence-corrected chi connectivity index (χ3v) is 2.14. The zero-order valence-electron chi connectivity index (χ0n) is 9.43. The standard InChI is InChI=1S/C12H13N3O2/c1-17-10-6-5-9(4-2-3-7-13)11(8-10)12(16)15-14/h2,4-6,8H,3,14H2,1H3,(H,15,16). The van der Waals surface area contributed by atoms with Crippen LogP contribution < -0.4 is 16.0 Å². The van der Waals surface area contributed by atoms with Gasteiger partial charge in [-0.3, -0.25) is 10.2 Å². The summed E-state index contributed by atoms with van der Waals surface area (Å²) < 4.78 is 5.03. The van der Waals surface area contributed by atoms with Crippen molar-refractivity contribution in [2.75, 3.05) is 7.11 Å². The predicted octanol–water partition coefficient (Wildman–Crippen LogP) is 1.23. The molecule has 0 aromatic heterocycles. The molecule has 0 atom stereocenters. The van der Waals surface area contributed by atoms with Crippen LogP contribution >= 0.6 is 0 Å². The Bertz CT molecular complexity index is 475. The van der Waals surface area contributed by atoms with Gasteiger partial charge in [-0.25, -0.2) is 5.84 Å². The summed E-state index contributed by atoms with van der Waals surface area (Å²) in [5.41, 5.74) is 3.16.